The first-order chi connectivity index (χ1) is 7.91. The van der Waals surface area contributed by atoms with Gasteiger partial charge in [-0.3, -0.25) is 0 Å². The van der Waals surface area contributed by atoms with Crippen LogP contribution in [0, 0.1) is 0 Å². The van der Waals surface area contributed by atoms with Gasteiger partial charge in [-0.2, -0.15) is 0 Å². The van der Waals surface area contributed by atoms with Crippen molar-refractivity contribution in [3.8, 4) is 0 Å². The van der Waals surface area contributed by atoms with Gasteiger partial charge in [0, 0.05) is 0 Å². The Bertz CT molecular complexity index is 104. The summed E-state index contributed by atoms with van der Waals surface area (Å²) in [4.78, 5) is 0. The standard InChI is InChI=1S/C13H31N3/c1-2-3-4-5-6-10-15-12-8-13-16-11-7-9-14/h15-16H,2-14H2,1H3. The van der Waals surface area contributed by atoms with Crippen LogP contribution in [0.4, 0.5) is 0 Å². The van der Waals surface area contributed by atoms with Gasteiger partial charge in [0.2, 0.25) is 0 Å². The molecule has 0 fully saturated rings. The monoisotopic (exact) mass is 229 g/mol. The number of hydrogen-bond donors (Lipinski definition) is 3. The number of nitrogens with one attached hydrogen (secondary N) is 2. The van der Waals surface area contributed by atoms with Gasteiger partial charge in [-0.1, -0.05) is 32.6 Å². The largest absolute Gasteiger partial charge is 0.330 e. The normalized spacial score (nSPS) is 10.9. The molecular weight excluding hydrogens is 198 g/mol. The van der Waals surface area contributed by atoms with Gasteiger partial charge in [0.15, 0.2) is 0 Å². The van der Waals surface area contributed by atoms with E-state index in [9.17, 15) is 0 Å². The molecule has 0 amide bonds. The molecule has 0 aromatic rings. The van der Waals surface area contributed by atoms with E-state index in [1.165, 1.54) is 45.1 Å². The lowest BCUT2D eigenvalue weighted by Crippen LogP contribution is -2.24. The summed E-state index contributed by atoms with van der Waals surface area (Å²) in [7, 11) is 0. The lowest BCUT2D eigenvalue weighted by atomic mass is 10.1. The van der Waals surface area contributed by atoms with E-state index in [0.29, 0.717) is 0 Å². The van der Waals surface area contributed by atoms with Crippen molar-refractivity contribution in [2.24, 2.45) is 5.73 Å². The molecule has 16 heavy (non-hydrogen) atoms. The molecule has 0 saturated carbocycles. The van der Waals surface area contributed by atoms with Crippen molar-refractivity contribution in [2.75, 3.05) is 32.7 Å². The van der Waals surface area contributed by atoms with Crippen molar-refractivity contribution in [3.05, 3.63) is 0 Å². The van der Waals surface area contributed by atoms with E-state index in [-0.39, 0.29) is 0 Å². The quantitative estimate of drug-likeness (QED) is 0.423. The molecule has 0 bridgehead atoms. The SMILES string of the molecule is CCCCCCCNCCCNCCCN. The lowest BCUT2D eigenvalue weighted by molar-refractivity contribution is 0.555. The van der Waals surface area contributed by atoms with E-state index in [4.69, 9.17) is 5.73 Å². The first kappa shape index (κ1) is 15.9. The molecule has 3 heteroatoms. The molecule has 0 aliphatic heterocycles. The Balaban J connectivity index is 2.83. The van der Waals surface area contributed by atoms with Gasteiger partial charge < -0.3 is 16.4 Å². The summed E-state index contributed by atoms with van der Waals surface area (Å²) in [5, 5.41) is 6.87. The van der Waals surface area contributed by atoms with Crippen LogP contribution in [0.1, 0.15) is 51.9 Å². The minimum atomic E-state index is 0.795. The Morgan fingerprint density at radius 1 is 0.688 bits per heavy atom. The Labute approximate surface area is 102 Å². The highest BCUT2D eigenvalue weighted by Crippen LogP contribution is 2.00. The summed E-state index contributed by atoms with van der Waals surface area (Å²) in [6.07, 6.45) is 9.16. The molecule has 3 nitrogen and oxygen atoms in total. The summed E-state index contributed by atoms with van der Waals surface area (Å²) >= 11 is 0. The van der Waals surface area contributed by atoms with Crippen LogP contribution in [0.2, 0.25) is 0 Å². The van der Waals surface area contributed by atoms with Gasteiger partial charge in [0.1, 0.15) is 0 Å². The predicted octanol–water partition coefficient (Wildman–Crippen LogP) is 1.87. The zero-order chi connectivity index (χ0) is 11.9. The van der Waals surface area contributed by atoms with Crippen molar-refractivity contribution in [1.29, 1.82) is 0 Å². The van der Waals surface area contributed by atoms with Gasteiger partial charge in [-0.05, 0) is 52.0 Å². The minimum absolute atomic E-state index is 0.795. The number of unbranched alkanes of at least 4 members (excludes halogenated alkanes) is 4. The van der Waals surface area contributed by atoms with Crippen molar-refractivity contribution >= 4 is 0 Å². The van der Waals surface area contributed by atoms with E-state index in [1.54, 1.807) is 0 Å². The van der Waals surface area contributed by atoms with Crippen LogP contribution in [0.3, 0.4) is 0 Å². The smallest absolute Gasteiger partial charge is 0.00368 e. The summed E-state index contributed by atoms with van der Waals surface area (Å²) < 4.78 is 0. The molecule has 0 rings (SSSR count). The van der Waals surface area contributed by atoms with Gasteiger partial charge in [0.05, 0.1) is 0 Å². The Hall–Kier alpha value is -0.120. The molecule has 0 heterocycles. The van der Waals surface area contributed by atoms with Crippen molar-refractivity contribution < 1.29 is 0 Å². The maximum atomic E-state index is 5.41. The lowest BCUT2D eigenvalue weighted by Gasteiger charge is -2.05. The van der Waals surface area contributed by atoms with Gasteiger partial charge >= 0.3 is 0 Å². The molecular formula is C13H31N3. The molecule has 0 aromatic carbocycles. The third-order valence-electron chi connectivity index (χ3n) is 2.72. The van der Waals surface area contributed by atoms with Gasteiger partial charge in [-0.15, -0.1) is 0 Å². The fourth-order valence-electron chi connectivity index (χ4n) is 1.67. The average Bonchev–Trinajstić information content (AvgIpc) is 2.31. The van der Waals surface area contributed by atoms with Crippen LogP contribution in [0.25, 0.3) is 0 Å². The molecule has 0 radical (unpaired) electrons. The molecule has 0 aliphatic carbocycles. The fraction of sp³-hybridized carbons (Fsp3) is 1.00. The molecule has 0 aromatic heterocycles. The number of rotatable bonds is 13. The fourth-order valence-corrected chi connectivity index (χ4v) is 1.67. The summed E-state index contributed by atoms with van der Waals surface area (Å²) in [6, 6.07) is 0. The maximum Gasteiger partial charge on any atom is -0.00368 e. The highest BCUT2D eigenvalue weighted by atomic mass is 14.9. The highest BCUT2D eigenvalue weighted by molar-refractivity contribution is 4.53. The first-order valence-corrected chi connectivity index (χ1v) is 7.03. The highest BCUT2D eigenvalue weighted by Gasteiger charge is 1.90. The van der Waals surface area contributed by atoms with Crippen LogP contribution in [0.15, 0.2) is 0 Å². The first-order valence-electron chi connectivity index (χ1n) is 7.03. The predicted molar refractivity (Wildman–Crippen MR) is 72.8 cm³/mol. The zero-order valence-corrected chi connectivity index (χ0v) is 11.1. The van der Waals surface area contributed by atoms with Crippen molar-refractivity contribution in [2.45, 2.75) is 51.9 Å². The number of hydrogen-bond acceptors (Lipinski definition) is 3. The van der Waals surface area contributed by atoms with E-state index < -0.39 is 0 Å². The Morgan fingerprint density at radius 3 is 1.88 bits per heavy atom. The van der Waals surface area contributed by atoms with E-state index >= 15 is 0 Å². The van der Waals surface area contributed by atoms with Crippen LogP contribution in [-0.2, 0) is 0 Å². The minimum Gasteiger partial charge on any atom is -0.330 e. The van der Waals surface area contributed by atoms with Crippen molar-refractivity contribution in [3.63, 3.8) is 0 Å². The molecule has 0 atom stereocenters. The second-order valence-corrected chi connectivity index (χ2v) is 4.41. The van der Waals surface area contributed by atoms with Crippen molar-refractivity contribution in [1.82, 2.24) is 10.6 Å². The second kappa shape index (κ2) is 14.9. The number of nitrogens with two attached hydrogens (primary N) is 1. The van der Waals surface area contributed by atoms with E-state index in [1.807, 2.05) is 0 Å². The topological polar surface area (TPSA) is 50.1 Å². The maximum absolute atomic E-state index is 5.41. The summed E-state index contributed by atoms with van der Waals surface area (Å²) in [5.41, 5.74) is 5.41. The van der Waals surface area contributed by atoms with Crippen LogP contribution >= 0.6 is 0 Å². The Kier molecular flexibility index (Phi) is 14.8. The molecule has 0 spiro atoms. The average molecular weight is 229 g/mol. The third-order valence-corrected chi connectivity index (χ3v) is 2.72. The molecule has 4 N–H and O–H groups in total. The molecule has 0 unspecified atom stereocenters. The van der Waals surface area contributed by atoms with Gasteiger partial charge in [-0.25, -0.2) is 0 Å². The van der Waals surface area contributed by atoms with Crippen LogP contribution in [-0.4, -0.2) is 32.7 Å². The third kappa shape index (κ3) is 13.9. The van der Waals surface area contributed by atoms with Crippen LogP contribution < -0.4 is 16.4 Å². The Morgan fingerprint density at radius 2 is 1.25 bits per heavy atom. The summed E-state index contributed by atoms with van der Waals surface area (Å²) in [5.74, 6) is 0. The molecule has 0 aliphatic rings. The summed E-state index contributed by atoms with van der Waals surface area (Å²) in [6.45, 7) is 7.56. The van der Waals surface area contributed by atoms with Crippen LogP contribution in [0.5, 0.6) is 0 Å². The second-order valence-electron chi connectivity index (χ2n) is 4.41. The van der Waals surface area contributed by atoms with E-state index in [2.05, 4.69) is 17.6 Å². The molecule has 98 valence electrons. The molecule has 0 saturated heterocycles. The van der Waals surface area contributed by atoms with E-state index in [0.717, 1.165) is 32.6 Å². The zero-order valence-electron chi connectivity index (χ0n) is 11.1. The van der Waals surface area contributed by atoms with Gasteiger partial charge in [0.25, 0.3) is 0 Å².